The van der Waals surface area contributed by atoms with Crippen LogP contribution < -0.4 is 5.73 Å². The maximum Gasteiger partial charge on any atom is 0.164 e. The Balaban J connectivity index is 1.96. The van der Waals surface area contributed by atoms with E-state index in [1.165, 1.54) is 23.4 Å². The number of aliphatic hydroxyl groups is 3. The first-order valence-electron chi connectivity index (χ1n) is 6.34. The Morgan fingerprint density at radius 2 is 2.10 bits per heavy atom. The normalized spacial score (nSPS) is 28.9. The van der Waals surface area contributed by atoms with Crippen LogP contribution in [0.5, 0.6) is 0 Å². The minimum absolute atomic E-state index is 0.300. The van der Waals surface area contributed by atoms with E-state index in [0.717, 1.165) is 0 Å². The second kappa shape index (κ2) is 5.37. The molecule has 21 heavy (non-hydrogen) atoms. The Hall–Kier alpha value is -2.07. The van der Waals surface area contributed by atoms with Crippen molar-refractivity contribution in [3.05, 3.63) is 24.9 Å². The number of hydrogen-bond donors (Lipinski definition) is 4. The number of imidazole rings is 1. The summed E-state index contributed by atoms with van der Waals surface area (Å²) in [7, 11) is 0. The van der Waals surface area contributed by atoms with Crippen molar-refractivity contribution in [2.75, 3.05) is 12.3 Å². The van der Waals surface area contributed by atoms with E-state index in [-0.39, 0.29) is 6.61 Å². The molecule has 1 aliphatic heterocycles. The van der Waals surface area contributed by atoms with Gasteiger partial charge in [0, 0.05) is 6.07 Å². The van der Waals surface area contributed by atoms with E-state index >= 15 is 0 Å². The molecule has 1 aliphatic rings. The zero-order valence-corrected chi connectivity index (χ0v) is 10.9. The number of ether oxygens (including phenoxy) is 1. The maximum absolute atomic E-state index is 10.1. The number of rotatable bonds is 3. The molecule has 0 spiro atoms. The van der Waals surface area contributed by atoms with Gasteiger partial charge < -0.3 is 25.8 Å². The minimum Gasteiger partial charge on any atom is -0.394 e. The molecule has 0 aliphatic carbocycles. The van der Waals surface area contributed by atoms with Crippen molar-refractivity contribution in [2.45, 2.75) is 24.5 Å². The number of aromatic nitrogens is 4. The van der Waals surface area contributed by atoms with Crippen LogP contribution in [0.4, 0.5) is 5.82 Å². The molecule has 4 atom stereocenters. The van der Waals surface area contributed by atoms with Gasteiger partial charge >= 0.3 is 0 Å². The van der Waals surface area contributed by atoms with E-state index in [4.69, 9.17) is 15.6 Å². The lowest BCUT2D eigenvalue weighted by molar-refractivity contribution is -0.0520. The summed E-state index contributed by atoms with van der Waals surface area (Å²) < 4.78 is 7.00. The monoisotopic (exact) mass is 293 g/mol. The minimum atomic E-state index is -1.19. The molecule has 0 bridgehead atoms. The fourth-order valence-electron chi connectivity index (χ4n) is 2.33. The lowest BCUT2D eigenvalue weighted by Gasteiger charge is -2.18. The number of aliphatic hydroxyl groups excluding tert-OH is 3. The Bertz CT molecular complexity index is 634. The summed E-state index contributed by atoms with van der Waals surface area (Å²) in [4.78, 5) is 11.9. The Morgan fingerprint density at radius 1 is 1.29 bits per heavy atom. The lowest BCUT2D eigenvalue weighted by atomic mass is 10.1. The number of anilines is 1. The van der Waals surface area contributed by atoms with Crippen LogP contribution in [0.1, 0.15) is 6.23 Å². The zero-order chi connectivity index (χ0) is 15.0. The summed E-state index contributed by atoms with van der Waals surface area (Å²) in [5, 5.41) is 29.0. The van der Waals surface area contributed by atoms with E-state index in [1.54, 1.807) is 6.07 Å². The third kappa shape index (κ3) is 2.36. The summed E-state index contributed by atoms with van der Waals surface area (Å²) in [6.07, 6.45) is 0.227. The van der Waals surface area contributed by atoms with Gasteiger partial charge in [0.2, 0.25) is 0 Å². The predicted octanol–water partition coefficient (Wildman–Crippen LogP) is -1.47. The standard InChI is InChI=1S/C12H15N5O4/c13-9-1-6(15-4-16-9)7-2-14-5-17(7)12-11(20)10(19)8(3-18)21-12/h1-2,4-5,8,10-12,18-20H,3H2,(H2,13,15,16)/t8-,10+,11?,12-/m1/s1. The van der Waals surface area contributed by atoms with E-state index in [9.17, 15) is 10.2 Å². The van der Waals surface area contributed by atoms with Crippen LogP contribution in [-0.2, 0) is 4.74 Å². The van der Waals surface area contributed by atoms with Crippen LogP contribution in [0.3, 0.4) is 0 Å². The molecular weight excluding hydrogens is 278 g/mol. The van der Waals surface area contributed by atoms with Crippen LogP contribution >= 0.6 is 0 Å². The molecule has 0 aromatic carbocycles. The van der Waals surface area contributed by atoms with Crippen LogP contribution in [0.2, 0.25) is 0 Å². The number of nitrogens with two attached hydrogens (primary N) is 1. The molecule has 0 saturated carbocycles. The zero-order valence-electron chi connectivity index (χ0n) is 10.9. The summed E-state index contributed by atoms with van der Waals surface area (Å²) in [5.74, 6) is 0.300. The first-order valence-corrected chi connectivity index (χ1v) is 6.34. The predicted molar refractivity (Wildman–Crippen MR) is 70.7 cm³/mol. The second-order valence-corrected chi connectivity index (χ2v) is 4.74. The van der Waals surface area contributed by atoms with Crippen molar-refractivity contribution in [1.29, 1.82) is 0 Å². The van der Waals surface area contributed by atoms with Crippen LogP contribution in [0.25, 0.3) is 11.4 Å². The van der Waals surface area contributed by atoms with Gasteiger partial charge in [0.15, 0.2) is 6.23 Å². The van der Waals surface area contributed by atoms with Crippen molar-refractivity contribution in [3.8, 4) is 11.4 Å². The summed E-state index contributed by atoms with van der Waals surface area (Å²) in [6.45, 7) is -0.390. The molecule has 9 nitrogen and oxygen atoms in total. The Labute approximate surface area is 119 Å². The van der Waals surface area contributed by atoms with Crippen molar-refractivity contribution in [2.24, 2.45) is 0 Å². The van der Waals surface area contributed by atoms with Crippen LogP contribution in [-0.4, -0.2) is 59.8 Å². The van der Waals surface area contributed by atoms with Crippen molar-refractivity contribution in [1.82, 2.24) is 19.5 Å². The third-order valence-corrected chi connectivity index (χ3v) is 3.41. The summed E-state index contributed by atoms with van der Waals surface area (Å²) in [5.41, 5.74) is 6.69. The van der Waals surface area contributed by atoms with Gasteiger partial charge in [0.1, 0.15) is 30.5 Å². The molecule has 2 aromatic rings. The van der Waals surface area contributed by atoms with Crippen LogP contribution in [0, 0.1) is 0 Å². The largest absolute Gasteiger partial charge is 0.394 e. The topological polar surface area (TPSA) is 140 Å². The fraction of sp³-hybridized carbons (Fsp3) is 0.417. The van der Waals surface area contributed by atoms with E-state index in [2.05, 4.69) is 15.0 Å². The Kier molecular flexibility index (Phi) is 3.55. The van der Waals surface area contributed by atoms with Gasteiger partial charge in [-0.25, -0.2) is 15.0 Å². The second-order valence-electron chi connectivity index (χ2n) is 4.74. The molecule has 5 N–H and O–H groups in total. The number of nitrogen functional groups attached to an aromatic ring is 1. The quantitative estimate of drug-likeness (QED) is 0.538. The molecule has 1 fully saturated rings. The Morgan fingerprint density at radius 3 is 2.76 bits per heavy atom. The molecule has 112 valence electrons. The van der Waals surface area contributed by atoms with E-state index in [1.807, 2.05) is 0 Å². The molecule has 0 radical (unpaired) electrons. The van der Waals surface area contributed by atoms with Gasteiger partial charge in [0.25, 0.3) is 0 Å². The van der Waals surface area contributed by atoms with Gasteiger partial charge in [-0.05, 0) is 0 Å². The molecule has 1 saturated heterocycles. The smallest absolute Gasteiger partial charge is 0.164 e. The molecule has 0 amide bonds. The van der Waals surface area contributed by atoms with Gasteiger partial charge in [-0.1, -0.05) is 0 Å². The maximum atomic E-state index is 10.1. The van der Waals surface area contributed by atoms with E-state index < -0.39 is 24.5 Å². The first kappa shape index (κ1) is 13.9. The highest BCUT2D eigenvalue weighted by Gasteiger charge is 2.43. The lowest BCUT2D eigenvalue weighted by Crippen LogP contribution is -2.33. The first-order chi connectivity index (χ1) is 10.1. The summed E-state index contributed by atoms with van der Waals surface area (Å²) in [6, 6.07) is 1.56. The van der Waals surface area contributed by atoms with Gasteiger partial charge in [0.05, 0.1) is 30.5 Å². The average molecular weight is 293 g/mol. The molecule has 1 unspecified atom stereocenters. The molecule has 3 heterocycles. The highest BCUT2D eigenvalue weighted by molar-refractivity contribution is 5.57. The highest BCUT2D eigenvalue weighted by Crippen LogP contribution is 2.32. The SMILES string of the molecule is Nc1cc(-c2cncn2[C@@H]2O[C@H](CO)[C@H](O)C2O)ncn1. The molecule has 2 aromatic heterocycles. The molecule has 3 rings (SSSR count). The van der Waals surface area contributed by atoms with Crippen LogP contribution in [0.15, 0.2) is 24.9 Å². The third-order valence-electron chi connectivity index (χ3n) is 3.41. The van der Waals surface area contributed by atoms with Crippen molar-refractivity contribution in [3.63, 3.8) is 0 Å². The molecule has 9 heteroatoms. The van der Waals surface area contributed by atoms with Gasteiger partial charge in [-0.3, -0.25) is 4.57 Å². The highest BCUT2D eigenvalue weighted by atomic mass is 16.6. The van der Waals surface area contributed by atoms with E-state index in [0.29, 0.717) is 17.2 Å². The van der Waals surface area contributed by atoms with Crippen molar-refractivity contribution >= 4 is 5.82 Å². The van der Waals surface area contributed by atoms with Crippen molar-refractivity contribution < 1.29 is 20.1 Å². The number of hydrogen-bond acceptors (Lipinski definition) is 8. The number of nitrogens with zero attached hydrogens (tertiary/aromatic N) is 4. The average Bonchev–Trinajstić information content (AvgIpc) is 3.05. The van der Waals surface area contributed by atoms with Gasteiger partial charge in [-0.15, -0.1) is 0 Å². The summed E-state index contributed by atoms with van der Waals surface area (Å²) >= 11 is 0. The fourth-order valence-corrected chi connectivity index (χ4v) is 2.33. The molecular formula is C12H15N5O4. The van der Waals surface area contributed by atoms with Gasteiger partial charge in [-0.2, -0.15) is 0 Å².